The summed E-state index contributed by atoms with van der Waals surface area (Å²) in [6.07, 6.45) is 0.659. The van der Waals surface area contributed by atoms with Crippen LogP contribution < -0.4 is 5.32 Å². The number of aryl methyl sites for hydroxylation is 1. The van der Waals surface area contributed by atoms with E-state index in [-0.39, 0.29) is 22.6 Å². The third kappa shape index (κ3) is 3.51. The standard InChI is InChI=1S/C20H20Cl2N2O5/c1-9-2-4-10(5-3-9)23-13(25)8-29-14(26)7-24-19(27)15-11-6-12(16(15)20(24)28)18(22)17(11)21/h2-5,11-12,15-18H,6-8H2,1H3,(H,23,25)/t11-,12-,15-,16+,17-,18+/m1/s1. The van der Waals surface area contributed by atoms with Gasteiger partial charge in [0.2, 0.25) is 11.8 Å². The molecule has 6 atom stereocenters. The highest BCUT2D eigenvalue weighted by atomic mass is 35.5. The van der Waals surface area contributed by atoms with E-state index in [2.05, 4.69) is 5.32 Å². The number of carbonyl (C=O) groups is 4. The Morgan fingerprint density at radius 3 is 2.17 bits per heavy atom. The summed E-state index contributed by atoms with van der Waals surface area (Å²) in [6.45, 7) is 0.908. The molecule has 0 aromatic heterocycles. The largest absolute Gasteiger partial charge is 0.454 e. The van der Waals surface area contributed by atoms with Crippen LogP contribution >= 0.6 is 23.2 Å². The number of alkyl halides is 2. The van der Waals surface area contributed by atoms with E-state index in [1.807, 2.05) is 19.1 Å². The number of benzene rings is 1. The quantitative estimate of drug-likeness (QED) is 0.430. The minimum Gasteiger partial charge on any atom is -0.454 e. The van der Waals surface area contributed by atoms with Gasteiger partial charge in [0, 0.05) is 5.69 Å². The van der Waals surface area contributed by atoms with Gasteiger partial charge in [-0.05, 0) is 37.3 Å². The molecule has 0 spiro atoms. The van der Waals surface area contributed by atoms with Crippen molar-refractivity contribution >= 4 is 52.6 Å². The SMILES string of the molecule is Cc1ccc(NC(=O)COC(=O)CN2C(=O)[C@@H]3[C@H]4C[C@@H]([C@H](Cl)[C@@H]4Cl)[C@@H]3C2=O)cc1. The molecule has 2 aliphatic carbocycles. The van der Waals surface area contributed by atoms with Gasteiger partial charge in [0.05, 0.1) is 22.6 Å². The maximum Gasteiger partial charge on any atom is 0.326 e. The third-order valence-electron chi connectivity index (χ3n) is 6.07. The number of hydrogen-bond donors (Lipinski definition) is 1. The van der Waals surface area contributed by atoms with E-state index in [9.17, 15) is 19.2 Å². The summed E-state index contributed by atoms with van der Waals surface area (Å²) >= 11 is 12.6. The molecule has 0 unspecified atom stereocenters. The van der Waals surface area contributed by atoms with Gasteiger partial charge in [-0.25, -0.2) is 0 Å². The van der Waals surface area contributed by atoms with E-state index in [4.69, 9.17) is 27.9 Å². The molecule has 154 valence electrons. The zero-order valence-electron chi connectivity index (χ0n) is 15.6. The van der Waals surface area contributed by atoms with Gasteiger partial charge in [0.15, 0.2) is 6.61 Å². The van der Waals surface area contributed by atoms with Crippen LogP contribution in [0.2, 0.25) is 0 Å². The molecule has 0 radical (unpaired) electrons. The number of imide groups is 1. The highest BCUT2D eigenvalue weighted by Crippen LogP contribution is 2.59. The summed E-state index contributed by atoms with van der Waals surface area (Å²) < 4.78 is 4.94. The van der Waals surface area contributed by atoms with Crippen molar-refractivity contribution in [3.05, 3.63) is 29.8 Å². The van der Waals surface area contributed by atoms with Gasteiger partial charge in [-0.3, -0.25) is 24.1 Å². The van der Waals surface area contributed by atoms with Crippen molar-refractivity contribution in [3.63, 3.8) is 0 Å². The molecule has 3 amide bonds. The average molecular weight is 439 g/mol. The Morgan fingerprint density at radius 2 is 1.62 bits per heavy atom. The first-order valence-electron chi connectivity index (χ1n) is 9.43. The van der Waals surface area contributed by atoms with Crippen molar-refractivity contribution < 1.29 is 23.9 Å². The van der Waals surface area contributed by atoms with Crippen LogP contribution in [0.3, 0.4) is 0 Å². The molecule has 1 aromatic carbocycles. The number of rotatable bonds is 5. The minimum atomic E-state index is -0.817. The number of fused-ring (bicyclic) bond motifs is 5. The van der Waals surface area contributed by atoms with E-state index in [1.165, 1.54) is 0 Å². The summed E-state index contributed by atoms with van der Waals surface area (Å²) in [6, 6.07) is 7.15. The van der Waals surface area contributed by atoms with E-state index in [0.29, 0.717) is 12.1 Å². The van der Waals surface area contributed by atoms with Crippen LogP contribution in [0.5, 0.6) is 0 Å². The lowest BCUT2D eigenvalue weighted by Gasteiger charge is -2.28. The molecular weight excluding hydrogens is 419 g/mol. The Hall–Kier alpha value is -2.12. The molecule has 7 nitrogen and oxygen atoms in total. The van der Waals surface area contributed by atoms with Gasteiger partial charge in [0.1, 0.15) is 6.54 Å². The van der Waals surface area contributed by atoms with Gasteiger partial charge < -0.3 is 10.1 Å². The predicted molar refractivity (Wildman–Crippen MR) is 105 cm³/mol. The number of nitrogens with zero attached hydrogens (tertiary/aromatic N) is 1. The Morgan fingerprint density at radius 1 is 1.07 bits per heavy atom. The molecule has 2 bridgehead atoms. The van der Waals surface area contributed by atoms with Gasteiger partial charge in [-0.15, -0.1) is 23.2 Å². The van der Waals surface area contributed by atoms with E-state index >= 15 is 0 Å². The van der Waals surface area contributed by atoms with Crippen LogP contribution in [-0.4, -0.2) is 52.5 Å². The Kier molecular flexibility index (Phi) is 5.29. The lowest BCUT2D eigenvalue weighted by molar-refractivity contribution is -0.154. The minimum absolute atomic E-state index is 0.146. The van der Waals surface area contributed by atoms with Crippen molar-refractivity contribution in [2.24, 2.45) is 23.7 Å². The first-order valence-corrected chi connectivity index (χ1v) is 10.3. The van der Waals surface area contributed by atoms with Crippen LogP contribution in [0.15, 0.2) is 24.3 Å². The maximum absolute atomic E-state index is 12.7. The van der Waals surface area contributed by atoms with E-state index in [1.54, 1.807) is 12.1 Å². The fraction of sp³-hybridized carbons (Fsp3) is 0.500. The fourth-order valence-electron chi connectivity index (χ4n) is 4.72. The van der Waals surface area contributed by atoms with Crippen molar-refractivity contribution in [1.29, 1.82) is 0 Å². The van der Waals surface area contributed by atoms with E-state index in [0.717, 1.165) is 10.5 Å². The summed E-state index contributed by atoms with van der Waals surface area (Å²) in [5.41, 5.74) is 1.63. The Balaban J connectivity index is 1.31. The molecule has 29 heavy (non-hydrogen) atoms. The van der Waals surface area contributed by atoms with Gasteiger partial charge >= 0.3 is 5.97 Å². The number of carbonyl (C=O) groups excluding carboxylic acids is 4. The van der Waals surface area contributed by atoms with Gasteiger partial charge in [-0.1, -0.05) is 17.7 Å². The Labute approximate surface area is 177 Å². The van der Waals surface area contributed by atoms with Crippen LogP contribution in [0, 0.1) is 30.6 Å². The second-order valence-electron chi connectivity index (χ2n) is 7.84. The topological polar surface area (TPSA) is 92.8 Å². The number of hydrogen-bond acceptors (Lipinski definition) is 5. The number of esters is 1. The number of halogens is 2. The zero-order valence-corrected chi connectivity index (χ0v) is 17.2. The molecule has 1 saturated heterocycles. The maximum atomic E-state index is 12.7. The van der Waals surface area contributed by atoms with Crippen molar-refractivity contribution in [1.82, 2.24) is 4.90 Å². The fourth-order valence-corrected chi connectivity index (χ4v) is 5.61. The smallest absolute Gasteiger partial charge is 0.326 e. The number of ether oxygens (including phenoxy) is 1. The zero-order chi connectivity index (χ0) is 20.9. The summed E-state index contributed by atoms with van der Waals surface area (Å²) in [5.74, 6) is -3.44. The average Bonchev–Trinajstić information content (AvgIpc) is 3.29. The molecule has 1 heterocycles. The molecule has 9 heteroatoms. The predicted octanol–water partition coefficient (Wildman–Crippen LogP) is 1.94. The van der Waals surface area contributed by atoms with Crippen molar-refractivity contribution in [3.8, 4) is 0 Å². The second kappa shape index (κ2) is 7.61. The van der Waals surface area contributed by atoms with Crippen LogP contribution in [0.1, 0.15) is 12.0 Å². The second-order valence-corrected chi connectivity index (χ2v) is 8.85. The van der Waals surface area contributed by atoms with Crippen LogP contribution in [0.4, 0.5) is 5.69 Å². The number of likely N-dealkylation sites (tertiary alicyclic amines) is 1. The summed E-state index contributed by atoms with van der Waals surface area (Å²) in [5, 5.41) is 1.90. The molecule has 1 aliphatic heterocycles. The molecule has 2 saturated carbocycles. The Bertz CT molecular complexity index is 842. The number of nitrogens with one attached hydrogen (secondary N) is 1. The van der Waals surface area contributed by atoms with Crippen LogP contribution in [-0.2, 0) is 23.9 Å². The molecular formula is C20H20Cl2N2O5. The highest BCUT2D eigenvalue weighted by Gasteiger charge is 2.66. The molecule has 1 N–H and O–H groups in total. The van der Waals surface area contributed by atoms with Gasteiger partial charge in [-0.2, -0.15) is 0 Å². The van der Waals surface area contributed by atoms with Crippen molar-refractivity contribution in [2.45, 2.75) is 24.1 Å². The first kappa shape index (κ1) is 20.2. The first-order chi connectivity index (χ1) is 13.8. The summed E-state index contributed by atoms with van der Waals surface area (Å²) in [7, 11) is 0. The van der Waals surface area contributed by atoms with Crippen LogP contribution in [0.25, 0.3) is 0 Å². The number of anilines is 1. The normalized spacial score (nSPS) is 32.4. The lowest BCUT2D eigenvalue weighted by atomic mass is 9.80. The van der Waals surface area contributed by atoms with Gasteiger partial charge in [0.25, 0.3) is 5.91 Å². The third-order valence-corrected chi connectivity index (χ3v) is 7.38. The summed E-state index contributed by atoms with van der Waals surface area (Å²) in [4.78, 5) is 50.4. The van der Waals surface area contributed by atoms with Crippen molar-refractivity contribution in [2.75, 3.05) is 18.5 Å². The molecule has 3 fully saturated rings. The molecule has 3 aliphatic rings. The van der Waals surface area contributed by atoms with E-state index < -0.39 is 48.7 Å². The molecule has 4 rings (SSSR count). The monoisotopic (exact) mass is 438 g/mol. The highest BCUT2D eigenvalue weighted by molar-refractivity contribution is 6.31. The number of amides is 3. The lowest BCUT2D eigenvalue weighted by Crippen LogP contribution is -2.38. The molecule has 1 aromatic rings.